The molecule has 1 heterocycles. The first kappa shape index (κ1) is 7.86. The lowest BCUT2D eigenvalue weighted by Gasteiger charge is -2.34. The van der Waals surface area contributed by atoms with Gasteiger partial charge in [0.15, 0.2) is 0 Å². The molecule has 1 radical (unpaired) electrons. The van der Waals surface area contributed by atoms with Crippen LogP contribution in [0.3, 0.4) is 0 Å². The normalized spacial score (nSPS) is 23.6. The molecule has 1 aliphatic heterocycles. The van der Waals surface area contributed by atoms with E-state index in [1.165, 1.54) is 10.8 Å². The lowest BCUT2D eigenvalue weighted by molar-refractivity contribution is -0.000258. The second kappa shape index (κ2) is 2.94. The van der Waals surface area contributed by atoms with Crippen molar-refractivity contribution in [2.24, 2.45) is 0 Å². The molecule has 12 heavy (non-hydrogen) atoms. The third-order valence-electron chi connectivity index (χ3n) is 2.12. The van der Waals surface area contributed by atoms with Crippen LogP contribution in [0.25, 0.3) is 0 Å². The summed E-state index contributed by atoms with van der Waals surface area (Å²) in [6, 6.07) is 0. The average Bonchev–Trinajstić information content (AvgIpc) is 2.77. The van der Waals surface area contributed by atoms with Crippen molar-refractivity contribution < 1.29 is 14.6 Å². The highest BCUT2D eigenvalue weighted by molar-refractivity contribution is 5.68. The Morgan fingerprint density at radius 1 is 1.58 bits per heavy atom. The minimum Gasteiger partial charge on any atom is -0.449 e. The Morgan fingerprint density at radius 3 is 2.75 bits per heavy atom. The van der Waals surface area contributed by atoms with Crippen molar-refractivity contribution >= 4 is 6.09 Å². The number of hydrogen-bond acceptors (Lipinski definition) is 3. The third kappa shape index (κ3) is 1.69. The second-order valence-electron chi connectivity index (χ2n) is 3.36. The van der Waals surface area contributed by atoms with E-state index in [9.17, 15) is 4.79 Å². The highest BCUT2D eigenvalue weighted by Gasteiger charge is 2.31. The molecule has 1 amide bonds. The largest absolute Gasteiger partial charge is 0.449 e. The molecular formula is C8H12NO3. The smallest absolute Gasteiger partial charge is 0.409 e. The summed E-state index contributed by atoms with van der Waals surface area (Å²) in [6.45, 7) is 1.33. The van der Waals surface area contributed by atoms with Crippen molar-refractivity contribution in [1.29, 1.82) is 0 Å². The molecule has 0 unspecified atom stereocenters. The van der Waals surface area contributed by atoms with Crippen LogP contribution in [-0.4, -0.2) is 41.9 Å². The van der Waals surface area contributed by atoms with E-state index < -0.39 is 0 Å². The lowest BCUT2D eigenvalue weighted by atomic mass is 10.2. The van der Waals surface area contributed by atoms with Gasteiger partial charge in [0.05, 0.1) is 25.8 Å². The van der Waals surface area contributed by atoms with E-state index >= 15 is 0 Å². The monoisotopic (exact) mass is 170 g/mol. The highest BCUT2D eigenvalue weighted by Crippen LogP contribution is 2.31. The number of aliphatic hydroxyl groups is 1. The van der Waals surface area contributed by atoms with Gasteiger partial charge in [0.2, 0.25) is 0 Å². The van der Waals surface area contributed by atoms with E-state index in [1.807, 2.05) is 0 Å². The summed E-state index contributed by atoms with van der Waals surface area (Å²) in [5, 5.41) is 8.90. The summed E-state index contributed by atoms with van der Waals surface area (Å²) < 4.78 is 4.96. The Kier molecular flexibility index (Phi) is 1.92. The zero-order valence-electron chi connectivity index (χ0n) is 6.82. The predicted molar refractivity (Wildman–Crippen MR) is 41.4 cm³/mol. The maximum Gasteiger partial charge on any atom is 0.409 e. The molecule has 0 spiro atoms. The van der Waals surface area contributed by atoms with E-state index in [0.717, 1.165) is 12.8 Å². The molecule has 2 rings (SSSR count). The van der Waals surface area contributed by atoms with Crippen LogP contribution >= 0.6 is 0 Å². The van der Waals surface area contributed by atoms with Gasteiger partial charge in [0.1, 0.15) is 0 Å². The van der Waals surface area contributed by atoms with Gasteiger partial charge in [-0.05, 0) is 12.8 Å². The molecule has 2 fully saturated rings. The number of aliphatic hydroxyl groups excluding tert-OH is 1. The van der Waals surface area contributed by atoms with Gasteiger partial charge in [0.25, 0.3) is 0 Å². The summed E-state index contributed by atoms with van der Waals surface area (Å²) in [7, 11) is 0. The van der Waals surface area contributed by atoms with Crippen LogP contribution in [0.15, 0.2) is 0 Å². The molecule has 0 aromatic rings. The first-order valence-corrected chi connectivity index (χ1v) is 4.19. The molecule has 4 heteroatoms. The third-order valence-corrected chi connectivity index (χ3v) is 2.12. The van der Waals surface area contributed by atoms with Gasteiger partial charge in [0, 0.05) is 5.92 Å². The van der Waals surface area contributed by atoms with Crippen LogP contribution in [0.1, 0.15) is 12.8 Å². The minimum atomic E-state index is -0.342. The Bertz CT molecular complexity index is 185. The van der Waals surface area contributed by atoms with Crippen LogP contribution in [0, 0.1) is 5.92 Å². The van der Waals surface area contributed by atoms with Crippen molar-refractivity contribution in [2.45, 2.75) is 18.9 Å². The van der Waals surface area contributed by atoms with Crippen molar-refractivity contribution in [3.05, 3.63) is 5.92 Å². The number of rotatable bonds is 2. The SMILES string of the molecule is O=C(OC[C]1CC1)N1CC(O)C1. The van der Waals surface area contributed by atoms with Crippen molar-refractivity contribution in [1.82, 2.24) is 4.90 Å². The molecule has 67 valence electrons. The molecule has 0 atom stereocenters. The summed E-state index contributed by atoms with van der Waals surface area (Å²) in [6.07, 6.45) is 1.58. The van der Waals surface area contributed by atoms with Crippen molar-refractivity contribution in [3.63, 3.8) is 0 Å². The van der Waals surface area contributed by atoms with Crippen LogP contribution in [0.5, 0.6) is 0 Å². The van der Waals surface area contributed by atoms with Gasteiger partial charge in [-0.2, -0.15) is 0 Å². The Balaban J connectivity index is 1.63. The fourth-order valence-corrected chi connectivity index (χ4v) is 1.09. The molecule has 0 bridgehead atoms. The van der Waals surface area contributed by atoms with Crippen LogP contribution in [-0.2, 0) is 4.74 Å². The topological polar surface area (TPSA) is 49.8 Å². The van der Waals surface area contributed by atoms with E-state index in [1.54, 1.807) is 0 Å². The van der Waals surface area contributed by atoms with Crippen LogP contribution in [0.4, 0.5) is 4.79 Å². The van der Waals surface area contributed by atoms with Crippen LogP contribution in [0.2, 0.25) is 0 Å². The first-order chi connectivity index (χ1) is 5.75. The summed E-state index contributed by atoms with van der Waals surface area (Å²) in [5.74, 6) is 1.31. The standard InChI is InChI=1S/C8H12NO3/c10-7-3-9(4-7)8(11)12-5-6-1-2-6/h7,10H,1-5H2. The van der Waals surface area contributed by atoms with E-state index in [-0.39, 0.29) is 12.2 Å². The van der Waals surface area contributed by atoms with Gasteiger partial charge >= 0.3 is 6.09 Å². The zero-order valence-corrected chi connectivity index (χ0v) is 6.82. The van der Waals surface area contributed by atoms with Gasteiger partial charge < -0.3 is 14.7 Å². The molecule has 4 nitrogen and oxygen atoms in total. The summed E-state index contributed by atoms with van der Waals surface area (Å²) in [5.41, 5.74) is 0. The second-order valence-corrected chi connectivity index (χ2v) is 3.36. The fraction of sp³-hybridized carbons (Fsp3) is 0.750. The maximum atomic E-state index is 11.1. The number of ether oxygens (including phenoxy) is 1. The van der Waals surface area contributed by atoms with Crippen LogP contribution < -0.4 is 0 Å². The predicted octanol–water partition coefficient (Wildman–Crippen LogP) is 0.168. The van der Waals surface area contributed by atoms with Gasteiger partial charge in [-0.1, -0.05) is 0 Å². The summed E-state index contributed by atoms with van der Waals surface area (Å²) >= 11 is 0. The highest BCUT2D eigenvalue weighted by atomic mass is 16.6. The average molecular weight is 170 g/mol. The van der Waals surface area contributed by atoms with Crippen molar-refractivity contribution in [3.8, 4) is 0 Å². The Hall–Kier alpha value is -0.770. The quantitative estimate of drug-likeness (QED) is 0.642. The fourth-order valence-electron chi connectivity index (χ4n) is 1.09. The number of likely N-dealkylation sites (tertiary alicyclic amines) is 1. The summed E-state index contributed by atoms with van der Waals surface area (Å²) in [4.78, 5) is 12.6. The molecule has 1 saturated carbocycles. The molecule has 2 aliphatic rings. The van der Waals surface area contributed by atoms with E-state index in [4.69, 9.17) is 9.84 Å². The molecule has 1 N–H and O–H groups in total. The first-order valence-electron chi connectivity index (χ1n) is 4.19. The minimum absolute atomic E-state index is 0.292. The zero-order chi connectivity index (χ0) is 8.55. The number of carbonyl (C=O) groups is 1. The molecule has 0 aromatic heterocycles. The number of hydrogen-bond donors (Lipinski definition) is 1. The lowest BCUT2D eigenvalue weighted by Crippen LogP contribution is -2.53. The Morgan fingerprint density at radius 2 is 2.25 bits per heavy atom. The maximum absolute atomic E-state index is 11.1. The van der Waals surface area contributed by atoms with Gasteiger partial charge in [-0.3, -0.25) is 0 Å². The van der Waals surface area contributed by atoms with Gasteiger partial charge in [-0.25, -0.2) is 4.79 Å². The molecule has 1 saturated heterocycles. The van der Waals surface area contributed by atoms with Gasteiger partial charge in [-0.15, -0.1) is 0 Å². The number of nitrogens with zero attached hydrogens (tertiary/aromatic N) is 1. The number of β-amino-alcohol motifs (C(OH)–C–C–N with tert-alkyl or cyclic N) is 1. The van der Waals surface area contributed by atoms with Crippen molar-refractivity contribution in [2.75, 3.05) is 19.7 Å². The van der Waals surface area contributed by atoms with E-state index in [0.29, 0.717) is 19.7 Å². The Labute approximate surface area is 71.1 Å². The molecule has 0 aromatic carbocycles. The molecule has 1 aliphatic carbocycles. The number of amides is 1. The number of carbonyl (C=O) groups excluding carboxylic acids is 1. The van der Waals surface area contributed by atoms with E-state index in [2.05, 4.69) is 0 Å². The molecular weight excluding hydrogens is 158 g/mol.